The average Bonchev–Trinajstić information content (AvgIpc) is 3.38. The van der Waals surface area contributed by atoms with Gasteiger partial charge in [0.25, 0.3) is 11.8 Å². The molecule has 0 unspecified atom stereocenters. The molecule has 0 fully saturated rings. The summed E-state index contributed by atoms with van der Waals surface area (Å²) < 4.78 is 17.8. The molecule has 2 aromatic carbocycles. The maximum Gasteiger partial charge on any atom is 0.321 e. The maximum atomic E-state index is 14.3. The Kier molecular flexibility index (Phi) is 12.4. The average molecular weight is 650 g/mol. The molecule has 1 aliphatic heterocycles. The smallest absolute Gasteiger partial charge is 0.321 e. The van der Waals surface area contributed by atoms with Crippen molar-refractivity contribution in [3.63, 3.8) is 0 Å². The van der Waals surface area contributed by atoms with Crippen molar-refractivity contribution in [2.24, 2.45) is 5.92 Å². The summed E-state index contributed by atoms with van der Waals surface area (Å²) in [6.45, 7) is 9.90. The molecule has 2 heterocycles. The molecule has 47 heavy (non-hydrogen) atoms. The lowest BCUT2D eigenvalue weighted by Gasteiger charge is -2.35. The summed E-state index contributed by atoms with van der Waals surface area (Å²) in [6, 6.07) is 13.0. The van der Waals surface area contributed by atoms with E-state index in [1.165, 1.54) is 0 Å². The first-order chi connectivity index (χ1) is 22.5. The van der Waals surface area contributed by atoms with Crippen LogP contribution in [0.3, 0.4) is 0 Å². The van der Waals surface area contributed by atoms with Gasteiger partial charge in [0.05, 0.1) is 30.4 Å². The Hall–Kier alpha value is -4.42. The highest BCUT2D eigenvalue weighted by molar-refractivity contribution is 6.05. The number of nitrogens with zero attached hydrogens (tertiary/aromatic N) is 3. The highest BCUT2D eigenvalue weighted by Gasteiger charge is 2.31. The van der Waals surface area contributed by atoms with E-state index in [1.807, 2.05) is 19.9 Å². The minimum absolute atomic E-state index is 0.188. The molecule has 0 bridgehead atoms. The molecule has 3 N–H and O–H groups in total. The lowest BCUT2D eigenvalue weighted by atomic mass is 10.0. The molecule has 0 saturated carbocycles. The Labute approximate surface area is 276 Å². The number of benzene rings is 2. The number of aromatic nitrogens is 1. The normalized spacial score (nSPS) is 19.9. The van der Waals surface area contributed by atoms with Crippen LogP contribution in [0.2, 0.25) is 0 Å². The van der Waals surface area contributed by atoms with Crippen LogP contribution in [-0.4, -0.2) is 89.5 Å². The molecule has 12 heteroatoms. The van der Waals surface area contributed by atoms with E-state index >= 15 is 0 Å². The lowest BCUT2D eigenvalue weighted by molar-refractivity contribution is -0.0115. The monoisotopic (exact) mass is 649 g/mol. The van der Waals surface area contributed by atoms with Crippen LogP contribution >= 0.6 is 0 Å². The van der Waals surface area contributed by atoms with Crippen molar-refractivity contribution < 1.29 is 33.5 Å². The predicted molar refractivity (Wildman–Crippen MR) is 179 cm³/mol. The van der Waals surface area contributed by atoms with Crippen molar-refractivity contribution >= 4 is 29.2 Å². The Morgan fingerprint density at radius 2 is 1.85 bits per heavy atom. The van der Waals surface area contributed by atoms with E-state index in [1.54, 1.807) is 80.1 Å². The summed E-state index contributed by atoms with van der Waals surface area (Å²) in [5, 5.41) is 19.9. The van der Waals surface area contributed by atoms with Crippen LogP contribution in [0.4, 0.5) is 16.2 Å². The van der Waals surface area contributed by atoms with Crippen molar-refractivity contribution in [3.8, 4) is 5.75 Å². The molecule has 4 rings (SSSR count). The third-order valence-corrected chi connectivity index (χ3v) is 8.41. The van der Waals surface area contributed by atoms with Gasteiger partial charge in [0, 0.05) is 43.9 Å². The van der Waals surface area contributed by atoms with Crippen LogP contribution in [0.15, 0.2) is 53.1 Å². The fourth-order valence-electron chi connectivity index (χ4n) is 5.47. The van der Waals surface area contributed by atoms with E-state index in [0.717, 1.165) is 19.3 Å². The van der Waals surface area contributed by atoms with Gasteiger partial charge in [-0.2, -0.15) is 0 Å². The zero-order valence-electron chi connectivity index (χ0n) is 28.1. The third-order valence-electron chi connectivity index (χ3n) is 8.41. The van der Waals surface area contributed by atoms with Crippen LogP contribution in [0.25, 0.3) is 0 Å². The molecular formula is C35H47N5O7. The number of aliphatic hydroxyl groups excluding tert-OH is 1. The van der Waals surface area contributed by atoms with Gasteiger partial charge in [-0.3, -0.25) is 9.59 Å². The van der Waals surface area contributed by atoms with E-state index in [-0.39, 0.29) is 55.1 Å². The van der Waals surface area contributed by atoms with Crippen molar-refractivity contribution in [3.05, 3.63) is 71.1 Å². The number of carbonyl (C=O) groups is 3. The Morgan fingerprint density at radius 3 is 2.53 bits per heavy atom. The number of aryl methyl sites for hydroxylation is 2. The first kappa shape index (κ1) is 35.4. The second kappa shape index (κ2) is 16.4. The molecule has 4 amide bonds. The summed E-state index contributed by atoms with van der Waals surface area (Å²) in [5.74, 6) is 0.0416. The number of fused-ring (bicyclic) bond motifs is 1. The number of likely N-dealkylation sites (N-methyl/N-ethyl adjacent to an activating group) is 1. The van der Waals surface area contributed by atoms with Crippen molar-refractivity contribution in [2.45, 2.75) is 72.1 Å². The van der Waals surface area contributed by atoms with Crippen LogP contribution in [0.1, 0.15) is 72.2 Å². The van der Waals surface area contributed by atoms with Gasteiger partial charge in [0.15, 0.2) is 5.76 Å². The number of rotatable bonds is 7. The number of ether oxygens (including phenoxy) is 2. The van der Waals surface area contributed by atoms with Gasteiger partial charge in [0.1, 0.15) is 17.1 Å². The first-order valence-corrected chi connectivity index (χ1v) is 16.1. The number of aliphatic hydroxyl groups is 1. The molecule has 4 atom stereocenters. The quantitative estimate of drug-likeness (QED) is 0.304. The Morgan fingerprint density at radius 1 is 1.11 bits per heavy atom. The predicted octanol–water partition coefficient (Wildman–Crippen LogP) is 5.50. The van der Waals surface area contributed by atoms with E-state index in [9.17, 15) is 19.5 Å². The number of amides is 4. The number of nitrogens with one attached hydrogen (secondary N) is 2. The zero-order valence-corrected chi connectivity index (χ0v) is 28.1. The van der Waals surface area contributed by atoms with E-state index in [0.29, 0.717) is 40.7 Å². The molecule has 1 aromatic heterocycles. The SMILES string of the molecule is Cc1noc(C)c1NC(=O)N(C)C[C@H]1OCCCC[C@@H](C)Oc2ccc(NC(=O)c3ccccc3)cc2C(=O)N([C@H](C)CO)C[C@@H]1C. The largest absolute Gasteiger partial charge is 0.490 e. The topological polar surface area (TPSA) is 146 Å². The molecule has 0 spiro atoms. The number of anilines is 2. The lowest BCUT2D eigenvalue weighted by Crippen LogP contribution is -2.48. The summed E-state index contributed by atoms with van der Waals surface area (Å²) >= 11 is 0. The number of hydrogen-bond acceptors (Lipinski definition) is 8. The van der Waals surface area contributed by atoms with Crippen molar-refractivity contribution in [1.82, 2.24) is 15.0 Å². The van der Waals surface area contributed by atoms with Gasteiger partial charge >= 0.3 is 6.03 Å². The molecule has 0 aliphatic carbocycles. The molecule has 0 radical (unpaired) electrons. The fraction of sp³-hybridized carbons (Fsp3) is 0.486. The van der Waals surface area contributed by atoms with Gasteiger partial charge in [-0.25, -0.2) is 4.79 Å². The van der Waals surface area contributed by atoms with E-state index < -0.39 is 12.1 Å². The number of hydrogen-bond donors (Lipinski definition) is 3. The molecule has 0 saturated heterocycles. The molecule has 3 aromatic rings. The minimum Gasteiger partial charge on any atom is -0.490 e. The van der Waals surface area contributed by atoms with Gasteiger partial charge in [-0.1, -0.05) is 30.3 Å². The third kappa shape index (κ3) is 9.32. The number of carbonyl (C=O) groups excluding carboxylic acids is 3. The Balaban J connectivity index is 1.60. The zero-order chi connectivity index (χ0) is 34.1. The van der Waals surface area contributed by atoms with E-state index in [2.05, 4.69) is 15.8 Å². The highest BCUT2D eigenvalue weighted by Crippen LogP contribution is 2.29. The van der Waals surface area contributed by atoms with Gasteiger partial charge in [0.2, 0.25) is 0 Å². The summed E-state index contributed by atoms with van der Waals surface area (Å²) in [4.78, 5) is 43.6. The van der Waals surface area contributed by atoms with Crippen LogP contribution in [0.5, 0.6) is 5.75 Å². The second-order valence-electron chi connectivity index (χ2n) is 12.3. The van der Waals surface area contributed by atoms with Crippen LogP contribution in [0, 0.1) is 19.8 Å². The summed E-state index contributed by atoms with van der Waals surface area (Å²) in [7, 11) is 1.69. The second-order valence-corrected chi connectivity index (χ2v) is 12.3. The van der Waals surface area contributed by atoms with Gasteiger partial charge < -0.3 is 39.5 Å². The maximum absolute atomic E-state index is 14.3. The molecule has 254 valence electrons. The van der Waals surface area contributed by atoms with Gasteiger partial charge in [-0.15, -0.1) is 0 Å². The first-order valence-electron chi connectivity index (χ1n) is 16.1. The van der Waals surface area contributed by atoms with Crippen molar-refractivity contribution in [2.75, 3.05) is 44.0 Å². The highest BCUT2D eigenvalue weighted by atomic mass is 16.5. The van der Waals surface area contributed by atoms with Crippen molar-refractivity contribution in [1.29, 1.82) is 0 Å². The fourth-order valence-corrected chi connectivity index (χ4v) is 5.47. The van der Waals surface area contributed by atoms with Crippen LogP contribution < -0.4 is 15.4 Å². The molecular weight excluding hydrogens is 602 g/mol. The van der Waals surface area contributed by atoms with Crippen LogP contribution in [-0.2, 0) is 4.74 Å². The van der Waals surface area contributed by atoms with E-state index in [4.69, 9.17) is 14.0 Å². The summed E-state index contributed by atoms with van der Waals surface area (Å²) in [6.07, 6.45) is 1.77. The molecule has 1 aliphatic rings. The number of urea groups is 1. The minimum atomic E-state index is -0.535. The van der Waals surface area contributed by atoms with Gasteiger partial charge in [-0.05, 0) is 77.3 Å². The standard InChI is InChI=1S/C35H47N5O7/c1-22-19-40(23(2)21-41)34(43)29-18-28(36-33(42)27-13-8-7-9-14-27)15-16-30(29)46-24(3)12-10-11-17-45-31(22)20-39(6)35(44)37-32-25(4)38-47-26(32)5/h7-9,13-16,18,22-24,31,41H,10-12,17,19-21H2,1-6H3,(H,36,42)(H,37,44)/t22-,23+,24+,31+/m0/s1. The molecule has 12 nitrogen and oxygen atoms in total. The Bertz CT molecular complexity index is 1490. The summed E-state index contributed by atoms with van der Waals surface area (Å²) in [5.41, 5.74) is 2.33.